The lowest BCUT2D eigenvalue weighted by Crippen LogP contribution is -2.53. The minimum atomic E-state index is -3.62. The van der Waals surface area contributed by atoms with Crippen LogP contribution in [0.1, 0.15) is 30.4 Å². The number of likely N-dealkylation sites (tertiary alicyclic amines) is 1. The number of ether oxygens (including phenoxy) is 2. The average Bonchev–Trinajstić information content (AvgIpc) is 3.43. The molecule has 10 heteroatoms. The molecule has 31 heavy (non-hydrogen) atoms. The van der Waals surface area contributed by atoms with Gasteiger partial charge in [0, 0.05) is 19.5 Å². The van der Waals surface area contributed by atoms with Crippen LogP contribution in [0.15, 0.2) is 24.3 Å². The second kappa shape index (κ2) is 8.76. The number of hydroxylamine groups is 1. The summed E-state index contributed by atoms with van der Waals surface area (Å²) in [7, 11) is -3.62. The SMILES string of the molecule is O=C(O[C@H]1CCOC1)N1CCC(CS(=O)(=O)C2Cc3ccccc3C2)(C(=O)NO)CC1. The van der Waals surface area contributed by atoms with Gasteiger partial charge >= 0.3 is 6.09 Å². The highest BCUT2D eigenvalue weighted by Gasteiger charge is 2.48. The Hall–Kier alpha value is -2.17. The number of benzene rings is 1. The molecule has 0 saturated carbocycles. The fourth-order valence-corrected chi connectivity index (χ4v) is 7.06. The predicted molar refractivity (Wildman–Crippen MR) is 110 cm³/mol. The van der Waals surface area contributed by atoms with E-state index < -0.39 is 32.5 Å². The molecule has 0 radical (unpaired) electrons. The molecule has 2 heterocycles. The molecule has 170 valence electrons. The Bertz CT molecular complexity index is 910. The van der Waals surface area contributed by atoms with Crippen LogP contribution in [0, 0.1) is 5.41 Å². The Morgan fingerprint density at radius 2 is 1.84 bits per heavy atom. The van der Waals surface area contributed by atoms with E-state index in [0.29, 0.717) is 32.5 Å². The van der Waals surface area contributed by atoms with Gasteiger partial charge < -0.3 is 14.4 Å². The molecule has 1 aromatic rings. The highest BCUT2D eigenvalue weighted by atomic mass is 32.2. The van der Waals surface area contributed by atoms with Gasteiger partial charge in [-0.25, -0.2) is 18.7 Å². The molecule has 9 nitrogen and oxygen atoms in total. The summed E-state index contributed by atoms with van der Waals surface area (Å²) < 4.78 is 37.1. The first-order valence-electron chi connectivity index (χ1n) is 10.6. The van der Waals surface area contributed by atoms with E-state index in [1.54, 1.807) is 5.48 Å². The fourth-order valence-electron chi connectivity index (χ4n) is 4.77. The summed E-state index contributed by atoms with van der Waals surface area (Å²) in [6.45, 7) is 1.29. The van der Waals surface area contributed by atoms with Gasteiger partial charge in [0.15, 0.2) is 9.84 Å². The molecule has 2 N–H and O–H groups in total. The maximum atomic E-state index is 13.3. The summed E-state index contributed by atoms with van der Waals surface area (Å²) in [5, 5.41) is 8.72. The molecule has 2 saturated heterocycles. The van der Waals surface area contributed by atoms with E-state index in [-0.39, 0.29) is 37.8 Å². The molecule has 4 rings (SSSR count). The van der Waals surface area contributed by atoms with Gasteiger partial charge in [0.25, 0.3) is 5.91 Å². The van der Waals surface area contributed by atoms with E-state index in [1.165, 1.54) is 4.90 Å². The lowest BCUT2D eigenvalue weighted by molar-refractivity contribution is -0.141. The lowest BCUT2D eigenvalue weighted by Gasteiger charge is -2.40. The van der Waals surface area contributed by atoms with Crippen LogP contribution in [-0.2, 0) is 36.9 Å². The maximum Gasteiger partial charge on any atom is 0.410 e. The van der Waals surface area contributed by atoms with Gasteiger partial charge in [0.05, 0.1) is 29.6 Å². The highest BCUT2D eigenvalue weighted by molar-refractivity contribution is 7.92. The zero-order valence-corrected chi connectivity index (χ0v) is 18.1. The van der Waals surface area contributed by atoms with Gasteiger partial charge in [-0.15, -0.1) is 0 Å². The standard InChI is InChI=1S/C21H28N2O7S/c24-19(22-26)21(6-8-23(9-7-21)20(25)30-17-5-10-29-13-17)14-31(27,28)18-11-15-3-1-2-4-16(15)12-18/h1-4,17-18,26H,5-14H2,(H,22,24)/t17-/m0/s1. The van der Waals surface area contributed by atoms with Crippen molar-refractivity contribution in [2.75, 3.05) is 32.1 Å². The molecule has 1 atom stereocenters. The summed E-state index contributed by atoms with van der Waals surface area (Å²) in [4.78, 5) is 26.5. The first kappa shape index (κ1) is 22.0. The smallest absolute Gasteiger partial charge is 0.410 e. The molecule has 0 bridgehead atoms. The zero-order chi connectivity index (χ0) is 22.1. The number of hydrogen-bond acceptors (Lipinski definition) is 7. The molecule has 0 unspecified atom stereocenters. The Morgan fingerprint density at radius 1 is 1.19 bits per heavy atom. The molecule has 3 aliphatic rings. The number of carbonyl (C=O) groups is 2. The predicted octanol–water partition coefficient (Wildman–Crippen LogP) is 1.08. The summed E-state index contributed by atoms with van der Waals surface area (Å²) >= 11 is 0. The number of carbonyl (C=O) groups excluding carboxylic acids is 2. The van der Waals surface area contributed by atoms with E-state index in [0.717, 1.165) is 11.1 Å². The van der Waals surface area contributed by atoms with Crippen LogP contribution < -0.4 is 5.48 Å². The normalized spacial score (nSPS) is 23.4. The van der Waals surface area contributed by atoms with Gasteiger partial charge in [-0.3, -0.25) is 10.0 Å². The number of piperidine rings is 1. The molecule has 0 aromatic heterocycles. The van der Waals surface area contributed by atoms with Crippen molar-refractivity contribution in [3.05, 3.63) is 35.4 Å². The molecule has 2 aliphatic heterocycles. The van der Waals surface area contributed by atoms with Gasteiger partial charge in [-0.1, -0.05) is 24.3 Å². The van der Waals surface area contributed by atoms with Gasteiger partial charge in [-0.05, 0) is 36.8 Å². The molecular formula is C21H28N2O7S. The molecule has 0 spiro atoms. The summed E-state index contributed by atoms with van der Waals surface area (Å²) in [6.07, 6.45) is 1.02. The van der Waals surface area contributed by atoms with Crippen molar-refractivity contribution >= 4 is 21.8 Å². The molecule has 1 aliphatic carbocycles. The number of amides is 2. The van der Waals surface area contributed by atoms with Crippen LogP contribution in [0.2, 0.25) is 0 Å². The summed E-state index contributed by atoms with van der Waals surface area (Å²) in [5.74, 6) is -1.08. The van der Waals surface area contributed by atoms with E-state index in [1.807, 2.05) is 24.3 Å². The largest absolute Gasteiger partial charge is 0.444 e. The van der Waals surface area contributed by atoms with E-state index in [4.69, 9.17) is 9.47 Å². The van der Waals surface area contributed by atoms with Crippen LogP contribution in [0.3, 0.4) is 0 Å². The van der Waals surface area contributed by atoms with Crippen molar-refractivity contribution in [3.63, 3.8) is 0 Å². The fraction of sp³-hybridized carbons (Fsp3) is 0.619. The van der Waals surface area contributed by atoms with E-state index in [9.17, 15) is 23.2 Å². The second-order valence-electron chi connectivity index (χ2n) is 8.68. The topological polar surface area (TPSA) is 122 Å². The maximum absolute atomic E-state index is 13.3. The van der Waals surface area contributed by atoms with E-state index >= 15 is 0 Å². The summed E-state index contributed by atoms with van der Waals surface area (Å²) in [5.41, 5.74) is 2.41. The van der Waals surface area contributed by atoms with E-state index in [2.05, 4.69) is 0 Å². The van der Waals surface area contributed by atoms with Crippen LogP contribution in [0.5, 0.6) is 0 Å². The van der Waals surface area contributed by atoms with Crippen molar-refractivity contribution in [1.29, 1.82) is 0 Å². The Labute approximate surface area is 181 Å². The third-order valence-electron chi connectivity index (χ3n) is 6.72. The summed E-state index contributed by atoms with van der Waals surface area (Å²) in [6, 6.07) is 7.64. The highest BCUT2D eigenvalue weighted by Crippen LogP contribution is 2.37. The lowest BCUT2D eigenvalue weighted by atomic mass is 9.79. The van der Waals surface area contributed by atoms with Crippen molar-refractivity contribution in [2.24, 2.45) is 5.41 Å². The Balaban J connectivity index is 1.43. The second-order valence-corrected chi connectivity index (χ2v) is 11.0. The molecule has 2 fully saturated rings. The number of rotatable bonds is 5. The quantitative estimate of drug-likeness (QED) is 0.506. The van der Waals surface area contributed by atoms with Gasteiger partial charge in [0.2, 0.25) is 0 Å². The Morgan fingerprint density at radius 3 is 2.39 bits per heavy atom. The first-order valence-corrected chi connectivity index (χ1v) is 12.3. The molecule has 2 amide bonds. The molecule has 1 aromatic carbocycles. The first-order chi connectivity index (χ1) is 14.8. The van der Waals surface area contributed by atoms with Crippen LogP contribution in [0.25, 0.3) is 0 Å². The minimum absolute atomic E-state index is 0.133. The third kappa shape index (κ3) is 4.56. The molecular weight excluding hydrogens is 424 g/mol. The third-order valence-corrected chi connectivity index (χ3v) is 9.02. The monoisotopic (exact) mass is 452 g/mol. The number of sulfone groups is 1. The van der Waals surface area contributed by atoms with Crippen LogP contribution >= 0.6 is 0 Å². The number of nitrogens with one attached hydrogen (secondary N) is 1. The van der Waals surface area contributed by atoms with Crippen LogP contribution in [0.4, 0.5) is 4.79 Å². The van der Waals surface area contributed by atoms with Crippen molar-refractivity contribution in [1.82, 2.24) is 10.4 Å². The number of nitrogens with zero attached hydrogens (tertiary/aromatic N) is 1. The zero-order valence-electron chi connectivity index (χ0n) is 17.3. The van der Waals surface area contributed by atoms with Crippen LogP contribution in [-0.4, -0.2) is 73.9 Å². The van der Waals surface area contributed by atoms with Crippen molar-refractivity contribution < 1.29 is 32.7 Å². The number of fused-ring (bicyclic) bond motifs is 1. The average molecular weight is 453 g/mol. The Kier molecular flexibility index (Phi) is 6.23. The minimum Gasteiger partial charge on any atom is -0.444 e. The number of hydrogen-bond donors (Lipinski definition) is 2. The van der Waals surface area contributed by atoms with Gasteiger partial charge in [0.1, 0.15) is 6.10 Å². The van der Waals surface area contributed by atoms with Gasteiger partial charge in [-0.2, -0.15) is 0 Å². The van der Waals surface area contributed by atoms with Crippen molar-refractivity contribution in [3.8, 4) is 0 Å². The van der Waals surface area contributed by atoms with Crippen molar-refractivity contribution in [2.45, 2.75) is 43.5 Å².